The van der Waals surface area contributed by atoms with Gasteiger partial charge in [-0.2, -0.15) is 0 Å². The molecule has 0 atom stereocenters. The highest BCUT2D eigenvalue weighted by molar-refractivity contribution is 6.11. The third-order valence-corrected chi connectivity index (χ3v) is 4.81. The van der Waals surface area contributed by atoms with E-state index in [1.807, 2.05) is 0 Å². The highest BCUT2D eigenvalue weighted by atomic mass is 14.9. The predicted octanol–water partition coefficient (Wildman–Crippen LogP) is 5.26. The molecule has 4 rings (SSSR count). The van der Waals surface area contributed by atoms with E-state index in [-0.39, 0.29) is 5.41 Å². The molecule has 0 saturated carbocycles. The Hall–Kier alpha value is -2.61. The average molecular weight is 300 g/mol. The highest BCUT2D eigenvalue weighted by Gasteiger charge is 2.32. The van der Waals surface area contributed by atoms with Gasteiger partial charge in [-0.15, -0.1) is 0 Å². The maximum atomic E-state index is 4.83. The van der Waals surface area contributed by atoms with Crippen LogP contribution in [0.1, 0.15) is 25.0 Å². The third-order valence-electron chi connectivity index (χ3n) is 4.81. The van der Waals surface area contributed by atoms with Crippen LogP contribution in [-0.2, 0) is 12.5 Å². The molecule has 114 valence electrons. The van der Waals surface area contributed by atoms with Crippen molar-refractivity contribution in [1.82, 2.24) is 4.57 Å². The van der Waals surface area contributed by atoms with Crippen LogP contribution in [0.3, 0.4) is 0 Å². The van der Waals surface area contributed by atoms with Crippen molar-refractivity contribution >= 4 is 28.4 Å². The van der Waals surface area contributed by atoms with Crippen LogP contribution in [0.25, 0.3) is 17.0 Å². The summed E-state index contributed by atoms with van der Waals surface area (Å²) >= 11 is 0. The minimum absolute atomic E-state index is 0.0440. The Morgan fingerprint density at radius 2 is 1.70 bits per heavy atom. The molecule has 0 bridgehead atoms. The summed E-state index contributed by atoms with van der Waals surface area (Å²) in [5.74, 6) is 0. The Balaban J connectivity index is 1.75. The lowest BCUT2D eigenvalue weighted by molar-refractivity contribution is 0.740. The average Bonchev–Trinajstić information content (AvgIpc) is 3.01. The fourth-order valence-electron chi connectivity index (χ4n) is 3.43. The Labute approximate surface area is 136 Å². The van der Waals surface area contributed by atoms with Crippen molar-refractivity contribution in [1.29, 1.82) is 0 Å². The zero-order valence-corrected chi connectivity index (χ0v) is 13.7. The summed E-state index contributed by atoms with van der Waals surface area (Å²) in [6.07, 6.45) is 6.54. The molecular weight excluding hydrogens is 280 g/mol. The lowest BCUT2D eigenvalue weighted by atomic mass is 9.81. The number of aryl methyl sites for hydroxylation is 1. The summed E-state index contributed by atoms with van der Waals surface area (Å²) in [5, 5.41) is 1.28. The van der Waals surface area contributed by atoms with Crippen molar-refractivity contribution in [3.63, 3.8) is 0 Å². The number of nitrogens with zero attached hydrogens (tertiary/aromatic N) is 2. The number of benzene rings is 2. The molecule has 1 aliphatic rings. The summed E-state index contributed by atoms with van der Waals surface area (Å²) in [5.41, 5.74) is 5.96. The van der Waals surface area contributed by atoms with Crippen LogP contribution in [0, 0.1) is 0 Å². The van der Waals surface area contributed by atoms with E-state index < -0.39 is 0 Å². The van der Waals surface area contributed by atoms with Crippen molar-refractivity contribution in [3.05, 3.63) is 71.9 Å². The standard InChI is InChI=1S/C21H20N2/c1-21(2)17-9-5-6-10-18(17)22-20(21)13-12-15-14-23(3)19-11-7-4-8-16(15)19/h4-14H,1-3H3/b13-12+. The number of aliphatic imine (C=N–C) groups is 1. The van der Waals surface area contributed by atoms with E-state index in [2.05, 4.69) is 92.3 Å². The monoisotopic (exact) mass is 300 g/mol. The smallest absolute Gasteiger partial charge is 0.0674 e. The van der Waals surface area contributed by atoms with Crippen LogP contribution >= 0.6 is 0 Å². The van der Waals surface area contributed by atoms with Crippen LogP contribution in [-0.4, -0.2) is 10.3 Å². The molecule has 0 unspecified atom stereocenters. The van der Waals surface area contributed by atoms with Gasteiger partial charge in [0.1, 0.15) is 0 Å². The molecule has 0 saturated heterocycles. The van der Waals surface area contributed by atoms with Crippen molar-refractivity contribution < 1.29 is 0 Å². The van der Waals surface area contributed by atoms with Crippen LogP contribution in [0.5, 0.6) is 0 Å². The number of hydrogen-bond acceptors (Lipinski definition) is 1. The molecule has 0 spiro atoms. The number of fused-ring (bicyclic) bond motifs is 2. The molecular formula is C21H20N2. The second kappa shape index (κ2) is 4.95. The second-order valence-corrected chi connectivity index (χ2v) is 6.69. The van der Waals surface area contributed by atoms with Gasteiger partial charge in [-0.25, -0.2) is 0 Å². The minimum Gasteiger partial charge on any atom is -0.350 e. The van der Waals surface area contributed by atoms with Gasteiger partial charge in [-0.05, 0) is 23.8 Å². The van der Waals surface area contributed by atoms with E-state index in [9.17, 15) is 0 Å². The van der Waals surface area contributed by atoms with E-state index in [1.54, 1.807) is 0 Å². The number of allylic oxidation sites excluding steroid dienone is 1. The molecule has 1 aromatic heterocycles. The predicted molar refractivity (Wildman–Crippen MR) is 98.5 cm³/mol. The number of rotatable bonds is 2. The SMILES string of the molecule is Cn1cc(/C=C/C2=Nc3ccccc3C2(C)C)c2ccccc21. The third kappa shape index (κ3) is 2.14. The van der Waals surface area contributed by atoms with E-state index in [0.29, 0.717) is 0 Å². The minimum atomic E-state index is -0.0440. The fraction of sp³-hybridized carbons (Fsp3) is 0.190. The summed E-state index contributed by atoms with van der Waals surface area (Å²) in [6.45, 7) is 4.48. The first kappa shape index (κ1) is 14.0. The first-order chi connectivity index (χ1) is 11.1. The summed E-state index contributed by atoms with van der Waals surface area (Å²) in [6, 6.07) is 16.9. The Kier molecular flexibility index (Phi) is 3.02. The maximum Gasteiger partial charge on any atom is 0.0674 e. The zero-order valence-electron chi connectivity index (χ0n) is 13.7. The summed E-state index contributed by atoms with van der Waals surface area (Å²) in [7, 11) is 2.09. The number of hydrogen-bond donors (Lipinski definition) is 0. The molecule has 1 aliphatic heterocycles. The molecule has 2 aromatic carbocycles. The molecule has 3 aromatic rings. The van der Waals surface area contributed by atoms with Gasteiger partial charge in [0, 0.05) is 35.1 Å². The lowest BCUT2D eigenvalue weighted by Gasteiger charge is -2.20. The normalized spacial score (nSPS) is 16.0. The van der Waals surface area contributed by atoms with Gasteiger partial charge in [0.05, 0.1) is 11.4 Å². The van der Waals surface area contributed by atoms with E-state index in [0.717, 1.165) is 11.4 Å². The largest absolute Gasteiger partial charge is 0.350 e. The number of para-hydroxylation sites is 2. The Bertz CT molecular complexity index is 955. The first-order valence-corrected chi connectivity index (χ1v) is 7.98. The van der Waals surface area contributed by atoms with Crippen LogP contribution < -0.4 is 0 Å². The van der Waals surface area contributed by atoms with Crippen LogP contribution in [0.15, 0.2) is 65.8 Å². The van der Waals surface area contributed by atoms with Gasteiger partial charge in [0.15, 0.2) is 0 Å². The zero-order chi connectivity index (χ0) is 16.0. The molecule has 23 heavy (non-hydrogen) atoms. The Morgan fingerprint density at radius 3 is 2.52 bits per heavy atom. The highest BCUT2D eigenvalue weighted by Crippen LogP contribution is 2.40. The Morgan fingerprint density at radius 1 is 0.957 bits per heavy atom. The molecule has 2 nitrogen and oxygen atoms in total. The van der Waals surface area contributed by atoms with Crippen molar-refractivity contribution in [3.8, 4) is 0 Å². The molecule has 0 amide bonds. The fourth-order valence-corrected chi connectivity index (χ4v) is 3.43. The van der Waals surface area contributed by atoms with Crippen molar-refractivity contribution in [2.75, 3.05) is 0 Å². The molecule has 2 heteroatoms. The van der Waals surface area contributed by atoms with Crippen molar-refractivity contribution in [2.45, 2.75) is 19.3 Å². The van der Waals surface area contributed by atoms with Gasteiger partial charge in [0.2, 0.25) is 0 Å². The summed E-state index contributed by atoms with van der Waals surface area (Å²) < 4.78 is 2.17. The van der Waals surface area contributed by atoms with E-state index >= 15 is 0 Å². The quantitative estimate of drug-likeness (QED) is 0.614. The summed E-state index contributed by atoms with van der Waals surface area (Å²) in [4.78, 5) is 4.83. The molecule has 0 aliphatic carbocycles. The molecule has 0 fully saturated rings. The van der Waals surface area contributed by atoms with Gasteiger partial charge >= 0.3 is 0 Å². The van der Waals surface area contributed by atoms with Crippen LogP contribution in [0.2, 0.25) is 0 Å². The molecule has 2 heterocycles. The van der Waals surface area contributed by atoms with Gasteiger partial charge < -0.3 is 4.57 Å². The molecule has 0 N–H and O–H groups in total. The lowest BCUT2D eigenvalue weighted by Crippen LogP contribution is -2.23. The number of aromatic nitrogens is 1. The van der Waals surface area contributed by atoms with E-state index in [1.165, 1.54) is 22.0 Å². The topological polar surface area (TPSA) is 17.3 Å². The van der Waals surface area contributed by atoms with Gasteiger partial charge in [-0.3, -0.25) is 4.99 Å². The van der Waals surface area contributed by atoms with Crippen molar-refractivity contribution in [2.24, 2.45) is 12.0 Å². The van der Waals surface area contributed by atoms with Crippen LogP contribution in [0.4, 0.5) is 5.69 Å². The van der Waals surface area contributed by atoms with Gasteiger partial charge in [0.25, 0.3) is 0 Å². The second-order valence-electron chi connectivity index (χ2n) is 6.69. The maximum absolute atomic E-state index is 4.83. The molecule has 0 radical (unpaired) electrons. The first-order valence-electron chi connectivity index (χ1n) is 7.98. The van der Waals surface area contributed by atoms with Gasteiger partial charge in [-0.1, -0.05) is 56.3 Å². The van der Waals surface area contributed by atoms with E-state index in [4.69, 9.17) is 4.99 Å².